The third-order valence-electron chi connectivity index (χ3n) is 2.55. The van der Waals surface area contributed by atoms with Gasteiger partial charge in [0, 0.05) is 6.42 Å². The quantitative estimate of drug-likeness (QED) is 0.852. The van der Waals surface area contributed by atoms with Gasteiger partial charge in [0.15, 0.2) is 0 Å². The van der Waals surface area contributed by atoms with Gasteiger partial charge in [-0.25, -0.2) is 0 Å². The predicted molar refractivity (Wildman–Crippen MR) is 61.7 cm³/mol. The van der Waals surface area contributed by atoms with E-state index in [0.717, 1.165) is 19.2 Å². The molecule has 0 amide bonds. The number of methoxy groups -OCH3 is 2. The van der Waals surface area contributed by atoms with E-state index < -0.39 is 23.8 Å². The van der Waals surface area contributed by atoms with Gasteiger partial charge in [0.25, 0.3) is 0 Å². The Morgan fingerprint density at radius 3 is 2.47 bits per heavy atom. The first-order valence-electron chi connectivity index (χ1n) is 5.37. The lowest BCUT2D eigenvalue weighted by molar-refractivity contribution is -0.142. The average Bonchev–Trinajstić information content (AvgIpc) is 2.36. The van der Waals surface area contributed by atoms with Gasteiger partial charge < -0.3 is 15.2 Å². The number of hydrogen-bond acceptors (Lipinski definition) is 4. The van der Waals surface area contributed by atoms with E-state index in [9.17, 15) is 18.0 Å². The summed E-state index contributed by atoms with van der Waals surface area (Å²) in [7, 11) is 2.49. The van der Waals surface area contributed by atoms with Gasteiger partial charge in [-0.1, -0.05) is 0 Å². The summed E-state index contributed by atoms with van der Waals surface area (Å²) in [5.41, 5.74) is 4.92. The Kier molecular flexibility index (Phi) is 4.77. The van der Waals surface area contributed by atoms with Crippen LogP contribution in [0.1, 0.15) is 11.1 Å². The molecule has 0 aromatic heterocycles. The van der Waals surface area contributed by atoms with Crippen molar-refractivity contribution in [2.45, 2.75) is 18.6 Å². The number of halogens is 3. The second-order valence-electron chi connectivity index (χ2n) is 3.86. The van der Waals surface area contributed by atoms with E-state index in [1.807, 2.05) is 0 Å². The van der Waals surface area contributed by atoms with Gasteiger partial charge >= 0.3 is 12.1 Å². The molecule has 0 saturated carbocycles. The third-order valence-corrected chi connectivity index (χ3v) is 2.55. The third kappa shape index (κ3) is 3.85. The SMILES string of the molecule is COC(=O)[C@@H](N)Cc1cc(C(F)(F)F)ccc1OC. The summed E-state index contributed by atoms with van der Waals surface area (Å²) >= 11 is 0. The fourth-order valence-electron chi connectivity index (χ4n) is 1.59. The van der Waals surface area contributed by atoms with Crippen molar-refractivity contribution in [2.24, 2.45) is 5.73 Å². The zero-order valence-electron chi connectivity index (χ0n) is 10.5. The van der Waals surface area contributed by atoms with Gasteiger partial charge in [0.1, 0.15) is 11.8 Å². The molecule has 1 aromatic carbocycles. The number of ether oxygens (including phenoxy) is 2. The Morgan fingerprint density at radius 2 is 2.00 bits per heavy atom. The molecule has 19 heavy (non-hydrogen) atoms. The summed E-state index contributed by atoms with van der Waals surface area (Å²) in [6.45, 7) is 0. The average molecular weight is 277 g/mol. The summed E-state index contributed by atoms with van der Waals surface area (Å²) in [6.07, 6.45) is -4.56. The molecule has 7 heteroatoms. The molecule has 0 radical (unpaired) electrons. The van der Waals surface area contributed by atoms with Crippen molar-refractivity contribution in [3.63, 3.8) is 0 Å². The molecule has 0 aliphatic carbocycles. The van der Waals surface area contributed by atoms with Crippen molar-refractivity contribution in [3.05, 3.63) is 29.3 Å². The summed E-state index contributed by atoms with van der Waals surface area (Å²) in [4.78, 5) is 11.2. The maximum atomic E-state index is 12.6. The van der Waals surface area contributed by atoms with Crippen molar-refractivity contribution in [2.75, 3.05) is 14.2 Å². The first-order valence-corrected chi connectivity index (χ1v) is 5.37. The van der Waals surface area contributed by atoms with Crippen molar-refractivity contribution in [1.29, 1.82) is 0 Å². The van der Waals surface area contributed by atoms with Gasteiger partial charge in [-0.3, -0.25) is 4.79 Å². The van der Waals surface area contributed by atoms with Gasteiger partial charge in [-0.15, -0.1) is 0 Å². The van der Waals surface area contributed by atoms with Crippen LogP contribution < -0.4 is 10.5 Å². The van der Waals surface area contributed by atoms with Crippen LogP contribution in [0.25, 0.3) is 0 Å². The number of benzene rings is 1. The summed E-state index contributed by atoms with van der Waals surface area (Å²) in [6, 6.07) is 1.98. The minimum atomic E-state index is -4.46. The molecular weight excluding hydrogens is 263 g/mol. The van der Waals surface area contributed by atoms with E-state index in [1.165, 1.54) is 13.2 Å². The Balaban J connectivity index is 3.06. The maximum absolute atomic E-state index is 12.6. The Labute approximate surface area is 108 Å². The summed E-state index contributed by atoms with van der Waals surface area (Å²) in [5, 5.41) is 0. The van der Waals surface area contributed by atoms with Crippen LogP contribution in [0, 0.1) is 0 Å². The minimum Gasteiger partial charge on any atom is -0.496 e. The zero-order chi connectivity index (χ0) is 14.6. The molecule has 0 aliphatic rings. The highest BCUT2D eigenvalue weighted by molar-refractivity contribution is 5.75. The largest absolute Gasteiger partial charge is 0.496 e. The minimum absolute atomic E-state index is 0.0975. The molecule has 0 heterocycles. The van der Waals surface area contributed by atoms with Gasteiger partial charge in [0.05, 0.1) is 19.8 Å². The van der Waals surface area contributed by atoms with Crippen LogP contribution in [0.2, 0.25) is 0 Å². The summed E-state index contributed by atoms with van der Waals surface area (Å²) in [5.74, 6) is -0.452. The highest BCUT2D eigenvalue weighted by Crippen LogP contribution is 2.32. The molecule has 0 bridgehead atoms. The number of hydrogen-bond donors (Lipinski definition) is 1. The van der Waals surface area contributed by atoms with Crippen LogP contribution in [-0.2, 0) is 22.1 Å². The molecule has 2 N–H and O–H groups in total. The number of carbonyl (C=O) groups is 1. The van der Waals surface area contributed by atoms with Gasteiger partial charge in [0.2, 0.25) is 0 Å². The first kappa shape index (κ1) is 15.3. The molecule has 1 atom stereocenters. The van der Waals surface area contributed by atoms with Gasteiger partial charge in [-0.2, -0.15) is 13.2 Å². The van der Waals surface area contributed by atoms with E-state index in [-0.39, 0.29) is 17.7 Å². The van der Waals surface area contributed by atoms with E-state index in [0.29, 0.717) is 0 Å². The lowest BCUT2D eigenvalue weighted by atomic mass is 10.0. The molecule has 1 rings (SSSR count). The van der Waals surface area contributed by atoms with E-state index in [4.69, 9.17) is 10.5 Å². The van der Waals surface area contributed by atoms with Crippen LogP contribution in [0.5, 0.6) is 5.75 Å². The number of rotatable bonds is 4. The first-order chi connectivity index (χ1) is 8.79. The number of nitrogens with two attached hydrogens (primary N) is 1. The molecule has 0 saturated heterocycles. The van der Waals surface area contributed by atoms with Crippen LogP contribution in [0.15, 0.2) is 18.2 Å². The normalized spacial score (nSPS) is 12.9. The molecule has 0 spiro atoms. The van der Waals surface area contributed by atoms with Crippen molar-refractivity contribution in [1.82, 2.24) is 0 Å². The molecule has 0 aliphatic heterocycles. The standard InChI is InChI=1S/C12H14F3NO3/c1-18-10-4-3-8(12(13,14)15)5-7(10)6-9(16)11(17)19-2/h3-5,9H,6,16H2,1-2H3/t9-/m0/s1. The zero-order valence-corrected chi connectivity index (χ0v) is 10.5. The maximum Gasteiger partial charge on any atom is 0.416 e. The van der Waals surface area contributed by atoms with Crippen LogP contribution in [0.4, 0.5) is 13.2 Å². The van der Waals surface area contributed by atoms with Crippen LogP contribution in [-0.4, -0.2) is 26.2 Å². The van der Waals surface area contributed by atoms with E-state index in [2.05, 4.69) is 4.74 Å². The number of esters is 1. The second kappa shape index (κ2) is 5.92. The van der Waals surface area contributed by atoms with Gasteiger partial charge in [-0.05, 0) is 23.8 Å². The lowest BCUT2D eigenvalue weighted by Gasteiger charge is -2.15. The Morgan fingerprint density at radius 1 is 1.37 bits per heavy atom. The van der Waals surface area contributed by atoms with E-state index >= 15 is 0 Å². The molecule has 0 fully saturated rings. The van der Waals surface area contributed by atoms with E-state index in [1.54, 1.807) is 0 Å². The topological polar surface area (TPSA) is 61.5 Å². The smallest absolute Gasteiger partial charge is 0.416 e. The van der Waals surface area contributed by atoms with Crippen molar-refractivity contribution in [3.8, 4) is 5.75 Å². The molecule has 4 nitrogen and oxygen atoms in total. The van der Waals surface area contributed by atoms with Crippen LogP contribution >= 0.6 is 0 Å². The van der Waals surface area contributed by atoms with Crippen molar-refractivity contribution < 1.29 is 27.4 Å². The fourth-order valence-corrected chi connectivity index (χ4v) is 1.59. The monoisotopic (exact) mass is 277 g/mol. The highest BCUT2D eigenvalue weighted by Gasteiger charge is 2.31. The number of carbonyl (C=O) groups excluding carboxylic acids is 1. The second-order valence-corrected chi connectivity index (χ2v) is 3.86. The van der Waals surface area contributed by atoms with Crippen molar-refractivity contribution >= 4 is 5.97 Å². The highest BCUT2D eigenvalue weighted by atomic mass is 19.4. The lowest BCUT2D eigenvalue weighted by Crippen LogP contribution is -2.33. The summed E-state index contributed by atoms with van der Waals surface area (Å²) < 4.78 is 47.2. The van der Waals surface area contributed by atoms with Crippen LogP contribution in [0.3, 0.4) is 0 Å². The fraction of sp³-hybridized carbons (Fsp3) is 0.417. The molecule has 106 valence electrons. The molecule has 1 aromatic rings. The molecular formula is C12H14F3NO3. The number of alkyl halides is 3. The Bertz CT molecular complexity index is 460. The molecule has 0 unspecified atom stereocenters. The predicted octanol–water partition coefficient (Wildman–Crippen LogP) is 1.76. The Hall–Kier alpha value is -1.76.